The molecule has 0 spiro atoms. The monoisotopic (exact) mass is 234 g/mol. The maximum Gasteiger partial charge on any atom is 0.125 e. The van der Waals surface area contributed by atoms with Crippen molar-refractivity contribution >= 4 is 10.9 Å². The minimum Gasteiger partial charge on any atom is -0.347 e. The SMILES string of the molecule is CCn1cc(CC[C@@H](C)N)c2ccc(F)cc21. The third-order valence-corrected chi connectivity index (χ3v) is 3.14. The minimum atomic E-state index is -0.177. The van der Waals surface area contributed by atoms with E-state index in [1.807, 2.05) is 13.0 Å². The van der Waals surface area contributed by atoms with Crippen LogP contribution in [0, 0.1) is 5.82 Å². The van der Waals surface area contributed by atoms with Gasteiger partial charge in [-0.1, -0.05) is 0 Å². The first-order chi connectivity index (χ1) is 8.11. The molecule has 0 fully saturated rings. The van der Waals surface area contributed by atoms with Crippen molar-refractivity contribution in [2.75, 3.05) is 0 Å². The van der Waals surface area contributed by atoms with Gasteiger partial charge in [0.1, 0.15) is 5.82 Å². The predicted octanol–water partition coefficient (Wildman–Crippen LogP) is 3.08. The van der Waals surface area contributed by atoms with Crippen LogP contribution in [0.4, 0.5) is 4.39 Å². The van der Waals surface area contributed by atoms with Crippen molar-refractivity contribution in [2.45, 2.75) is 39.3 Å². The zero-order valence-electron chi connectivity index (χ0n) is 10.4. The van der Waals surface area contributed by atoms with E-state index in [1.54, 1.807) is 6.07 Å². The molecule has 0 aliphatic rings. The molecule has 92 valence electrons. The first kappa shape index (κ1) is 12.1. The molecule has 0 bridgehead atoms. The molecule has 0 saturated carbocycles. The molecular formula is C14H19FN2. The molecule has 3 heteroatoms. The van der Waals surface area contributed by atoms with Crippen molar-refractivity contribution in [1.29, 1.82) is 0 Å². The zero-order valence-corrected chi connectivity index (χ0v) is 10.4. The van der Waals surface area contributed by atoms with Crippen molar-refractivity contribution in [2.24, 2.45) is 5.73 Å². The van der Waals surface area contributed by atoms with E-state index < -0.39 is 0 Å². The number of benzene rings is 1. The summed E-state index contributed by atoms with van der Waals surface area (Å²) in [4.78, 5) is 0. The van der Waals surface area contributed by atoms with E-state index in [1.165, 1.54) is 11.6 Å². The predicted molar refractivity (Wildman–Crippen MR) is 69.5 cm³/mol. The van der Waals surface area contributed by atoms with Crippen molar-refractivity contribution < 1.29 is 4.39 Å². The second-order valence-corrected chi connectivity index (χ2v) is 4.62. The van der Waals surface area contributed by atoms with Crippen molar-refractivity contribution in [1.82, 2.24) is 4.57 Å². The van der Waals surface area contributed by atoms with E-state index in [0.717, 1.165) is 30.3 Å². The topological polar surface area (TPSA) is 30.9 Å². The number of nitrogens with two attached hydrogens (primary N) is 1. The van der Waals surface area contributed by atoms with Gasteiger partial charge in [-0.2, -0.15) is 0 Å². The van der Waals surface area contributed by atoms with E-state index in [-0.39, 0.29) is 11.9 Å². The Hall–Kier alpha value is -1.35. The lowest BCUT2D eigenvalue weighted by atomic mass is 10.1. The van der Waals surface area contributed by atoms with E-state index in [0.29, 0.717) is 0 Å². The summed E-state index contributed by atoms with van der Waals surface area (Å²) in [5, 5.41) is 1.15. The maximum atomic E-state index is 13.2. The van der Waals surface area contributed by atoms with Crippen LogP contribution in [0.5, 0.6) is 0 Å². The molecule has 1 atom stereocenters. The number of rotatable bonds is 4. The van der Waals surface area contributed by atoms with Gasteiger partial charge in [0.2, 0.25) is 0 Å². The summed E-state index contributed by atoms with van der Waals surface area (Å²) in [7, 11) is 0. The quantitative estimate of drug-likeness (QED) is 0.866. The van der Waals surface area contributed by atoms with Gasteiger partial charge in [-0.05, 0) is 50.5 Å². The van der Waals surface area contributed by atoms with Crippen LogP contribution in [-0.2, 0) is 13.0 Å². The highest BCUT2D eigenvalue weighted by molar-refractivity contribution is 5.84. The van der Waals surface area contributed by atoms with Gasteiger partial charge >= 0.3 is 0 Å². The lowest BCUT2D eigenvalue weighted by Gasteiger charge is -2.03. The number of aromatic nitrogens is 1. The van der Waals surface area contributed by atoms with Crippen LogP contribution in [-0.4, -0.2) is 10.6 Å². The minimum absolute atomic E-state index is 0.177. The summed E-state index contributed by atoms with van der Waals surface area (Å²) < 4.78 is 15.3. The number of halogens is 1. The van der Waals surface area contributed by atoms with Crippen LogP contribution in [0.1, 0.15) is 25.8 Å². The summed E-state index contributed by atoms with van der Waals surface area (Å²) in [5.74, 6) is -0.177. The number of nitrogens with zero attached hydrogens (tertiary/aromatic N) is 1. The Kier molecular flexibility index (Phi) is 3.48. The van der Waals surface area contributed by atoms with E-state index in [2.05, 4.69) is 17.7 Å². The first-order valence-electron chi connectivity index (χ1n) is 6.14. The second-order valence-electron chi connectivity index (χ2n) is 4.62. The summed E-state index contributed by atoms with van der Waals surface area (Å²) in [6.07, 6.45) is 4.03. The fraction of sp³-hybridized carbons (Fsp3) is 0.429. The number of aryl methyl sites for hydroxylation is 2. The largest absolute Gasteiger partial charge is 0.347 e. The molecule has 0 aliphatic carbocycles. The second kappa shape index (κ2) is 4.88. The van der Waals surface area contributed by atoms with E-state index >= 15 is 0 Å². The average Bonchev–Trinajstić information content (AvgIpc) is 2.63. The molecule has 0 radical (unpaired) electrons. The fourth-order valence-electron chi connectivity index (χ4n) is 2.19. The van der Waals surface area contributed by atoms with Gasteiger partial charge in [-0.15, -0.1) is 0 Å². The summed E-state index contributed by atoms with van der Waals surface area (Å²) in [5.41, 5.74) is 8.02. The number of fused-ring (bicyclic) bond motifs is 1. The number of hydrogen-bond acceptors (Lipinski definition) is 1. The lowest BCUT2D eigenvalue weighted by Crippen LogP contribution is -2.15. The normalized spacial score (nSPS) is 13.2. The first-order valence-corrected chi connectivity index (χ1v) is 6.14. The van der Waals surface area contributed by atoms with Crippen LogP contribution in [0.3, 0.4) is 0 Å². The summed E-state index contributed by atoms with van der Waals surface area (Å²) in [6, 6.07) is 5.20. The van der Waals surface area contributed by atoms with Gasteiger partial charge in [0, 0.05) is 24.2 Å². The molecule has 2 aromatic rings. The molecule has 1 heterocycles. The van der Waals surface area contributed by atoms with Gasteiger partial charge in [-0.3, -0.25) is 0 Å². The molecular weight excluding hydrogens is 215 g/mol. The Balaban J connectivity index is 2.42. The van der Waals surface area contributed by atoms with E-state index in [4.69, 9.17) is 5.73 Å². The molecule has 0 saturated heterocycles. The third-order valence-electron chi connectivity index (χ3n) is 3.14. The molecule has 0 amide bonds. The van der Waals surface area contributed by atoms with Crippen LogP contribution in [0.2, 0.25) is 0 Å². The van der Waals surface area contributed by atoms with E-state index in [9.17, 15) is 4.39 Å². The standard InChI is InChI=1S/C14H19FN2/c1-3-17-9-11(5-4-10(2)16)13-7-6-12(15)8-14(13)17/h6-10H,3-5,16H2,1-2H3/t10-/m1/s1. The van der Waals surface area contributed by atoms with Crippen molar-refractivity contribution in [3.05, 3.63) is 35.8 Å². The highest BCUT2D eigenvalue weighted by atomic mass is 19.1. The van der Waals surface area contributed by atoms with Gasteiger partial charge < -0.3 is 10.3 Å². The molecule has 2 rings (SSSR count). The zero-order chi connectivity index (χ0) is 12.4. The Morgan fingerprint density at radius 2 is 2.18 bits per heavy atom. The molecule has 2 nitrogen and oxygen atoms in total. The van der Waals surface area contributed by atoms with Crippen molar-refractivity contribution in [3.8, 4) is 0 Å². The number of hydrogen-bond donors (Lipinski definition) is 1. The Labute approximate surface area is 101 Å². The van der Waals surface area contributed by atoms with Gasteiger partial charge in [0.25, 0.3) is 0 Å². The van der Waals surface area contributed by atoms with Crippen LogP contribution < -0.4 is 5.73 Å². The fourth-order valence-corrected chi connectivity index (χ4v) is 2.19. The Bertz CT molecular complexity index is 514. The molecule has 0 aliphatic heterocycles. The molecule has 1 aromatic heterocycles. The Morgan fingerprint density at radius 3 is 2.82 bits per heavy atom. The lowest BCUT2D eigenvalue weighted by molar-refractivity contribution is 0.628. The third kappa shape index (κ3) is 2.50. The average molecular weight is 234 g/mol. The van der Waals surface area contributed by atoms with Crippen LogP contribution in [0.15, 0.2) is 24.4 Å². The molecule has 0 unspecified atom stereocenters. The molecule has 2 N–H and O–H groups in total. The summed E-state index contributed by atoms with van der Waals surface area (Å²) >= 11 is 0. The molecule has 17 heavy (non-hydrogen) atoms. The van der Waals surface area contributed by atoms with Gasteiger partial charge in [-0.25, -0.2) is 4.39 Å². The maximum absolute atomic E-state index is 13.2. The summed E-state index contributed by atoms with van der Waals surface area (Å²) in [6.45, 7) is 4.94. The van der Waals surface area contributed by atoms with Crippen LogP contribution in [0.25, 0.3) is 10.9 Å². The Morgan fingerprint density at radius 1 is 1.41 bits per heavy atom. The van der Waals surface area contributed by atoms with Gasteiger partial charge in [0.15, 0.2) is 0 Å². The highest BCUT2D eigenvalue weighted by Crippen LogP contribution is 2.23. The molecule has 1 aromatic carbocycles. The van der Waals surface area contributed by atoms with Gasteiger partial charge in [0.05, 0.1) is 5.52 Å². The smallest absolute Gasteiger partial charge is 0.125 e. The highest BCUT2D eigenvalue weighted by Gasteiger charge is 2.09. The van der Waals surface area contributed by atoms with Crippen LogP contribution >= 0.6 is 0 Å². The van der Waals surface area contributed by atoms with Crippen molar-refractivity contribution in [3.63, 3.8) is 0 Å².